The van der Waals surface area contributed by atoms with Gasteiger partial charge in [0.15, 0.2) is 0 Å². The van der Waals surface area contributed by atoms with Gasteiger partial charge in [0.1, 0.15) is 0 Å². The standard InChI is InChI=1S/C17H24N2O3S/c1-12(2)13-4-6-14(7-5-13)19-16(21)15(20)18-10-17(22-3)8-9-23-11-17/h4-7,12H,8-11H2,1-3H3,(H,18,20)(H,19,21). The van der Waals surface area contributed by atoms with E-state index in [1.165, 1.54) is 5.56 Å². The molecule has 1 heterocycles. The number of methoxy groups -OCH3 is 1. The van der Waals surface area contributed by atoms with Crippen molar-refractivity contribution in [1.82, 2.24) is 5.32 Å². The zero-order valence-electron chi connectivity index (χ0n) is 13.8. The normalized spacial score (nSPS) is 20.5. The van der Waals surface area contributed by atoms with E-state index in [-0.39, 0.29) is 5.60 Å². The lowest BCUT2D eigenvalue weighted by Crippen LogP contribution is -2.47. The van der Waals surface area contributed by atoms with Gasteiger partial charge in [-0.15, -0.1) is 0 Å². The van der Waals surface area contributed by atoms with E-state index in [9.17, 15) is 9.59 Å². The van der Waals surface area contributed by atoms with E-state index in [4.69, 9.17) is 4.74 Å². The Kier molecular flexibility index (Phi) is 6.07. The highest BCUT2D eigenvalue weighted by Crippen LogP contribution is 2.30. The van der Waals surface area contributed by atoms with Gasteiger partial charge in [0.25, 0.3) is 0 Å². The number of rotatable bonds is 5. The van der Waals surface area contributed by atoms with Crippen LogP contribution in [0.1, 0.15) is 31.7 Å². The van der Waals surface area contributed by atoms with Crippen LogP contribution in [0.5, 0.6) is 0 Å². The fourth-order valence-electron chi connectivity index (χ4n) is 2.42. The van der Waals surface area contributed by atoms with E-state index in [1.807, 2.05) is 24.3 Å². The van der Waals surface area contributed by atoms with E-state index < -0.39 is 11.8 Å². The summed E-state index contributed by atoms with van der Waals surface area (Å²) in [5.41, 5.74) is 1.46. The third kappa shape index (κ3) is 4.72. The number of benzene rings is 1. The lowest BCUT2D eigenvalue weighted by atomic mass is 10.0. The summed E-state index contributed by atoms with van der Waals surface area (Å²) in [6.45, 7) is 4.57. The van der Waals surface area contributed by atoms with Crippen molar-refractivity contribution in [1.29, 1.82) is 0 Å². The summed E-state index contributed by atoms with van der Waals surface area (Å²) in [5.74, 6) is 0.989. The monoisotopic (exact) mass is 336 g/mol. The summed E-state index contributed by atoms with van der Waals surface area (Å²) in [5, 5.41) is 5.29. The fraction of sp³-hybridized carbons (Fsp3) is 0.529. The van der Waals surface area contributed by atoms with Crippen molar-refractivity contribution in [3.63, 3.8) is 0 Å². The van der Waals surface area contributed by atoms with Gasteiger partial charge in [0.2, 0.25) is 0 Å². The van der Waals surface area contributed by atoms with E-state index in [0.29, 0.717) is 18.2 Å². The summed E-state index contributed by atoms with van der Waals surface area (Å²) in [6, 6.07) is 7.53. The SMILES string of the molecule is COC1(CNC(=O)C(=O)Nc2ccc(C(C)C)cc2)CCSC1. The first-order valence-corrected chi connectivity index (χ1v) is 8.93. The summed E-state index contributed by atoms with van der Waals surface area (Å²) in [6.07, 6.45) is 0.882. The molecular weight excluding hydrogens is 312 g/mol. The molecule has 1 saturated heterocycles. The summed E-state index contributed by atoms with van der Waals surface area (Å²) >= 11 is 1.80. The molecule has 1 unspecified atom stereocenters. The molecule has 2 N–H and O–H groups in total. The molecular formula is C17H24N2O3S. The number of hydrogen-bond donors (Lipinski definition) is 2. The molecule has 6 heteroatoms. The first-order valence-electron chi connectivity index (χ1n) is 7.78. The number of thioether (sulfide) groups is 1. The minimum Gasteiger partial charge on any atom is -0.376 e. The van der Waals surface area contributed by atoms with Crippen LogP contribution >= 0.6 is 11.8 Å². The zero-order valence-corrected chi connectivity index (χ0v) is 14.7. The highest BCUT2D eigenvalue weighted by atomic mass is 32.2. The van der Waals surface area contributed by atoms with Crippen molar-refractivity contribution in [2.45, 2.75) is 31.8 Å². The highest BCUT2D eigenvalue weighted by Gasteiger charge is 2.35. The van der Waals surface area contributed by atoms with Gasteiger partial charge in [-0.3, -0.25) is 9.59 Å². The molecule has 1 atom stereocenters. The molecule has 1 fully saturated rings. The minimum absolute atomic E-state index is 0.348. The Labute approximate surface area is 141 Å². The number of carbonyl (C=O) groups excluding carboxylic acids is 2. The predicted octanol–water partition coefficient (Wildman–Crippen LogP) is 2.39. The Morgan fingerprint density at radius 1 is 1.26 bits per heavy atom. The van der Waals surface area contributed by atoms with Crippen molar-refractivity contribution in [2.24, 2.45) is 0 Å². The lowest BCUT2D eigenvalue weighted by Gasteiger charge is -2.26. The third-order valence-electron chi connectivity index (χ3n) is 4.11. The summed E-state index contributed by atoms with van der Waals surface area (Å²) in [4.78, 5) is 23.9. The van der Waals surface area contributed by atoms with E-state index in [1.54, 1.807) is 18.9 Å². The zero-order chi connectivity index (χ0) is 16.9. The molecule has 0 aromatic heterocycles. The predicted molar refractivity (Wildman–Crippen MR) is 93.9 cm³/mol. The Hall–Kier alpha value is -1.53. The quantitative estimate of drug-likeness (QED) is 0.810. The van der Waals surface area contributed by atoms with Crippen LogP contribution in [0.15, 0.2) is 24.3 Å². The molecule has 1 aromatic carbocycles. The molecule has 2 amide bonds. The topological polar surface area (TPSA) is 67.4 Å². The van der Waals surface area contributed by atoms with Gasteiger partial charge in [-0.1, -0.05) is 26.0 Å². The van der Waals surface area contributed by atoms with Crippen molar-refractivity contribution < 1.29 is 14.3 Å². The maximum Gasteiger partial charge on any atom is 0.313 e. The van der Waals surface area contributed by atoms with Crippen LogP contribution in [0, 0.1) is 0 Å². The first kappa shape index (κ1) is 17.8. The van der Waals surface area contributed by atoms with Gasteiger partial charge in [-0.25, -0.2) is 0 Å². The average Bonchev–Trinajstić information content (AvgIpc) is 3.02. The summed E-state index contributed by atoms with van der Waals surface area (Å²) in [7, 11) is 1.65. The van der Waals surface area contributed by atoms with Crippen molar-refractivity contribution in [2.75, 3.05) is 30.5 Å². The Balaban J connectivity index is 1.86. The fourth-order valence-corrected chi connectivity index (χ4v) is 3.82. The van der Waals surface area contributed by atoms with E-state index in [0.717, 1.165) is 17.9 Å². The van der Waals surface area contributed by atoms with Crippen molar-refractivity contribution in [3.05, 3.63) is 29.8 Å². The number of carbonyl (C=O) groups is 2. The van der Waals surface area contributed by atoms with Crippen LogP contribution in [0.25, 0.3) is 0 Å². The van der Waals surface area contributed by atoms with Crippen LogP contribution in [0.3, 0.4) is 0 Å². The third-order valence-corrected chi connectivity index (χ3v) is 5.34. The Morgan fingerprint density at radius 2 is 1.96 bits per heavy atom. The molecule has 23 heavy (non-hydrogen) atoms. The van der Waals surface area contributed by atoms with Crippen molar-refractivity contribution >= 4 is 29.3 Å². The number of amides is 2. The smallest absolute Gasteiger partial charge is 0.313 e. The molecule has 0 aliphatic carbocycles. The molecule has 0 spiro atoms. The molecule has 0 saturated carbocycles. The maximum atomic E-state index is 12.0. The lowest BCUT2D eigenvalue weighted by molar-refractivity contribution is -0.136. The second kappa shape index (κ2) is 7.84. The molecule has 0 radical (unpaired) electrons. The van der Waals surface area contributed by atoms with Crippen molar-refractivity contribution in [3.8, 4) is 0 Å². The van der Waals surface area contributed by atoms with Gasteiger partial charge in [0, 0.05) is 25.1 Å². The highest BCUT2D eigenvalue weighted by molar-refractivity contribution is 7.99. The maximum absolute atomic E-state index is 12.0. The van der Waals surface area contributed by atoms with Crippen LogP contribution < -0.4 is 10.6 Å². The van der Waals surface area contributed by atoms with E-state index >= 15 is 0 Å². The number of hydrogen-bond acceptors (Lipinski definition) is 4. The molecule has 5 nitrogen and oxygen atoms in total. The Morgan fingerprint density at radius 3 is 2.48 bits per heavy atom. The molecule has 0 bridgehead atoms. The van der Waals surface area contributed by atoms with Gasteiger partial charge >= 0.3 is 11.8 Å². The average molecular weight is 336 g/mol. The van der Waals surface area contributed by atoms with Gasteiger partial charge < -0.3 is 15.4 Å². The van der Waals surface area contributed by atoms with Crippen LogP contribution in [-0.2, 0) is 14.3 Å². The van der Waals surface area contributed by atoms with Crippen LogP contribution in [0.4, 0.5) is 5.69 Å². The largest absolute Gasteiger partial charge is 0.376 e. The van der Waals surface area contributed by atoms with Gasteiger partial charge in [0.05, 0.1) is 5.60 Å². The molecule has 1 aliphatic heterocycles. The number of ether oxygens (including phenoxy) is 1. The molecule has 126 valence electrons. The Bertz CT molecular complexity index is 551. The number of nitrogens with one attached hydrogen (secondary N) is 2. The molecule has 1 aliphatic rings. The molecule has 1 aromatic rings. The van der Waals surface area contributed by atoms with E-state index in [2.05, 4.69) is 24.5 Å². The molecule has 2 rings (SSSR count). The summed E-state index contributed by atoms with van der Waals surface area (Å²) < 4.78 is 5.52. The number of anilines is 1. The first-order chi connectivity index (χ1) is 11.0. The second-order valence-electron chi connectivity index (χ2n) is 6.10. The van der Waals surface area contributed by atoms with Crippen LogP contribution in [0.2, 0.25) is 0 Å². The second-order valence-corrected chi connectivity index (χ2v) is 7.21. The van der Waals surface area contributed by atoms with Gasteiger partial charge in [-0.2, -0.15) is 11.8 Å². The minimum atomic E-state index is -0.654. The van der Waals surface area contributed by atoms with Crippen LogP contribution in [-0.4, -0.2) is 42.6 Å². The van der Waals surface area contributed by atoms with Gasteiger partial charge in [-0.05, 0) is 35.8 Å².